The first kappa shape index (κ1) is 18.3. The molecule has 0 radical (unpaired) electrons. The van der Waals surface area contributed by atoms with Gasteiger partial charge in [-0.25, -0.2) is 4.79 Å². The molecule has 1 heterocycles. The molecule has 5 heteroatoms. The summed E-state index contributed by atoms with van der Waals surface area (Å²) in [4.78, 5) is 16.3. The predicted molar refractivity (Wildman–Crippen MR) is 93.3 cm³/mol. The van der Waals surface area contributed by atoms with Crippen molar-refractivity contribution in [3.63, 3.8) is 0 Å². The Balaban J connectivity index is 1.98. The summed E-state index contributed by atoms with van der Waals surface area (Å²) in [6.07, 6.45) is 1.16. The number of nitriles is 1. The zero-order valence-electron chi connectivity index (χ0n) is 14.9. The summed E-state index contributed by atoms with van der Waals surface area (Å²) in [7, 11) is 0. The van der Waals surface area contributed by atoms with Crippen LogP contribution in [0.3, 0.4) is 0 Å². The Morgan fingerprint density at radius 1 is 1.38 bits per heavy atom. The molecule has 5 nitrogen and oxygen atoms in total. The average molecular weight is 329 g/mol. The molecule has 0 saturated carbocycles. The van der Waals surface area contributed by atoms with Crippen molar-refractivity contribution in [2.24, 2.45) is 0 Å². The molecule has 1 aliphatic heterocycles. The van der Waals surface area contributed by atoms with Gasteiger partial charge in [-0.15, -0.1) is 0 Å². The predicted octanol–water partition coefficient (Wildman–Crippen LogP) is 3.41. The summed E-state index contributed by atoms with van der Waals surface area (Å²) in [5.41, 5.74) is 0.755. The summed E-state index contributed by atoms with van der Waals surface area (Å²) >= 11 is 0. The van der Waals surface area contributed by atoms with E-state index in [1.54, 1.807) is 4.90 Å². The number of nitrogens with zero attached hydrogens (tertiary/aromatic N) is 3. The normalized spacial score (nSPS) is 17.8. The number of carbonyl (C=O) groups excluding carboxylic acids is 1. The van der Waals surface area contributed by atoms with Gasteiger partial charge in [-0.3, -0.25) is 4.90 Å². The fourth-order valence-electron chi connectivity index (χ4n) is 2.93. The van der Waals surface area contributed by atoms with Crippen molar-refractivity contribution in [1.29, 1.82) is 5.26 Å². The molecule has 2 rings (SSSR count). The van der Waals surface area contributed by atoms with Crippen LogP contribution >= 0.6 is 0 Å². The lowest BCUT2D eigenvalue weighted by molar-refractivity contribution is 0.0279. The Morgan fingerprint density at radius 2 is 2.08 bits per heavy atom. The Morgan fingerprint density at radius 3 is 2.71 bits per heavy atom. The SMILES string of the molecule is CC(C)(C)OC(=O)N1CC[C@H](N(CCC#N)Cc2ccccc2)C1. The zero-order valence-corrected chi connectivity index (χ0v) is 14.9. The van der Waals surface area contributed by atoms with E-state index in [0.717, 1.165) is 19.5 Å². The lowest BCUT2D eigenvalue weighted by atomic mass is 10.1. The number of likely N-dealkylation sites (tertiary alicyclic amines) is 1. The number of carbonyl (C=O) groups is 1. The number of hydrogen-bond acceptors (Lipinski definition) is 4. The third-order valence-electron chi connectivity index (χ3n) is 4.07. The average Bonchev–Trinajstić information content (AvgIpc) is 3.01. The van der Waals surface area contributed by atoms with Gasteiger partial charge in [0, 0.05) is 38.6 Å². The van der Waals surface area contributed by atoms with Crippen molar-refractivity contribution >= 4 is 6.09 Å². The van der Waals surface area contributed by atoms with E-state index in [1.807, 2.05) is 39.0 Å². The smallest absolute Gasteiger partial charge is 0.410 e. The molecular weight excluding hydrogens is 302 g/mol. The second-order valence-electron chi connectivity index (χ2n) is 7.23. The third-order valence-corrected chi connectivity index (χ3v) is 4.07. The lowest BCUT2D eigenvalue weighted by Crippen LogP contribution is -2.40. The van der Waals surface area contributed by atoms with Crippen LogP contribution in [0.1, 0.15) is 39.2 Å². The van der Waals surface area contributed by atoms with Crippen molar-refractivity contribution in [3.8, 4) is 6.07 Å². The van der Waals surface area contributed by atoms with Crippen molar-refractivity contribution < 1.29 is 9.53 Å². The van der Waals surface area contributed by atoms with E-state index in [2.05, 4.69) is 23.1 Å². The number of benzene rings is 1. The van der Waals surface area contributed by atoms with Crippen LogP contribution in [-0.2, 0) is 11.3 Å². The van der Waals surface area contributed by atoms with Crippen molar-refractivity contribution in [3.05, 3.63) is 35.9 Å². The molecular formula is C19H27N3O2. The molecule has 0 bridgehead atoms. The highest BCUT2D eigenvalue weighted by atomic mass is 16.6. The van der Waals surface area contributed by atoms with E-state index >= 15 is 0 Å². The van der Waals surface area contributed by atoms with E-state index in [-0.39, 0.29) is 12.1 Å². The van der Waals surface area contributed by atoms with Gasteiger partial charge < -0.3 is 9.64 Å². The van der Waals surface area contributed by atoms with Gasteiger partial charge in [-0.1, -0.05) is 30.3 Å². The molecule has 24 heavy (non-hydrogen) atoms. The van der Waals surface area contributed by atoms with Gasteiger partial charge in [-0.2, -0.15) is 5.26 Å². The van der Waals surface area contributed by atoms with E-state index in [9.17, 15) is 4.79 Å². The van der Waals surface area contributed by atoms with Gasteiger partial charge >= 0.3 is 6.09 Å². The standard InChI is InChI=1S/C19H27N3O2/c1-19(2,3)24-18(23)22-13-10-17(15-22)21(12-7-11-20)14-16-8-5-4-6-9-16/h4-6,8-9,17H,7,10,12-15H2,1-3H3/t17-/m0/s1. The summed E-state index contributed by atoms with van der Waals surface area (Å²) in [6, 6.07) is 12.7. The Kier molecular flexibility index (Phi) is 6.22. The first-order valence-corrected chi connectivity index (χ1v) is 8.52. The molecule has 1 aliphatic rings. The summed E-state index contributed by atoms with van der Waals surface area (Å²) in [5.74, 6) is 0. The van der Waals surface area contributed by atoms with Gasteiger partial charge in [0.1, 0.15) is 5.60 Å². The highest BCUT2D eigenvalue weighted by molar-refractivity contribution is 5.68. The van der Waals surface area contributed by atoms with Crippen LogP contribution in [0.25, 0.3) is 0 Å². The molecule has 0 N–H and O–H groups in total. The van der Waals surface area contributed by atoms with Crippen LogP contribution in [0, 0.1) is 11.3 Å². The maximum Gasteiger partial charge on any atom is 0.410 e. The molecule has 1 atom stereocenters. The van der Waals surface area contributed by atoms with Crippen LogP contribution in [0.4, 0.5) is 4.79 Å². The Labute approximate surface area is 144 Å². The van der Waals surface area contributed by atoms with Crippen LogP contribution in [0.2, 0.25) is 0 Å². The minimum absolute atomic E-state index is 0.245. The molecule has 0 aromatic heterocycles. The molecule has 0 spiro atoms. The number of ether oxygens (including phenoxy) is 1. The summed E-state index contributed by atoms with van der Waals surface area (Å²) in [5, 5.41) is 8.93. The number of amides is 1. The van der Waals surface area contributed by atoms with E-state index in [0.29, 0.717) is 19.5 Å². The highest BCUT2D eigenvalue weighted by Gasteiger charge is 2.32. The second-order valence-corrected chi connectivity index (χ2v) is 7.23. The minimum atomic E-state index is -0.473. The third kappa shape index (κ3) is 5.54. The van der Waals surface area contributed by atoms with Crippen LogP contribution in [0.5, 0.6) is 0 Å². The minimum Gasteiger partial charge on any atom is -0.444 e. The van der Waals surface area contributed by atoms with E-state index in [4.69, 9.17) is 10.00 Å². The van der Waals surface area contributed by atoms with Gasteiger partial charge in [0.25, 0.3) is 0 Å². The zero-order chi connectivity index (χ0) is 17.6. The number of rotatable bonds is 5. The van der Waals surface area contributed by atoms with Gasteiger partial charge in [0.05, 0.1) is 6.07 Å². The topological polar surface area (TPSA) is 56.6 Å². The highest BCUT2D eigenvalue weighted by Crippen LogP contribution is 2.21. The molecule has 130 valence electrons. The number of hydrogen-bond donors (Lipinski definition) is 0. The maximum absolute atomic E-state index is 12.2. The van der Waals surface area contributed by atoms with Crippen molar-refractivity contribution in [1.82, 2.24) is 9.80 Å². The van der Waals surface area contributed by atoms with Crippen LogP contribution in [0.15, 0.2) is 30.3 Å². The lowest BCUT2D eigenvalue weighted by Gasteiger charge is -2.29. The molecule has 0 unspecified atom stereocenters. The summed E-state index contributed by atoms with van der Waals surface area (Å²) in [6.45, 7) is 8.53. The molecule has 1 aromatic rings. The fourth-order valence-corrected chi connectivity index (χ4v) is 2.93. The van der Waals surface area contributed by atoms with Crippen LogP contribution < -0.4 is 0 Å². The largest absolute Gasteiger partial charge is 0.444 e. The van der Waals surface area contributed by atoms with Crippen LogP contribution in [-0.4, -0.2) is 47.2 Å². The Hall–Kier alpha value is -2.06. The van der Waals surface area contributed by atoms with Gasteiger partial charge in [0.2, 0.25) is 0 Å². The Bertz CT molecular complexity index is 575. The van der Waals surface area contributed by atoms with E-state index < -0.39 is 5.60 Å². The van der Waals surface area contributed by atoms with Gasteiger partial charge in [-0.05, 0) is 32.8 Å². The molecule has 1 amide bonds. The molecule has 1 fully saturated rings. The van der Waals surface area contributed by atoms with Gasteiger partial charge in [0.15, 0.2) is 0 Å². The second kappa shape index (κ2) is 8.16. The molecule has 0 aliphatic carbocycles. The van der Waals surface area contributed by atoms with E-state index in [1.165, 1.54) is 5.56 Å². The first-order valence-electron chi connectivity index (χ1n) is 8.52. The quantitative estimate of drug-likeness (QED) is 0.830. The van der Waals surface area contributed by atoms with Crippen molar-refractivity contribution in [2.45, 2.75) is 51.8 Å². The maximum atomic E-state index is 12.2. The fraction of sp³-hybridized carbons (Fsp3) is 0.579. The summed E-state index contributed by atoms with van der Waals surface area (Å²) < 4.78 is 5.47. The first-order chi connectivity index (χ1) is 11.4. The van der Waals surface area contributed by atoms with Crippen molar-refractivity contribution in [2.75, 3.05) is 19.6 Å². The monoisotopic (exact) mass is 329 g/mol. The molecule has 1 saturated heterocycles. The molecule has 1 aromatic carbocycles.